The average molecular weight is 246 g/mol. The third-order valence-corrected chi connectivity index (χ3v) is 2.29. The molecule has 0 spiro atoms. The smallest absolute Gasteiger partial charge is 0.170 e. The van der Waals surface area contributed by atoms with Crippen molar-refractivity contribution in [3.8, 4) is 11.5 Å². The Morgan fingerprint density at radius 2 is 2.12 bits per heavy atom. The number of halogens is 2. The van der Waals surface area contributed by atoms with E-state index in [1.165, 1.54) is 26.4 Å². The molecular formula is C11H13ClFNO2. The van der Waals surface area contributed by atoms with Crippen LogP contribution in [0, 0.1) is 5.82 Å². The first-order valence-corrected chi connectivity index (χ1v) is 5.00. The highest BCUT2D eigenvalue weighted by Gasteiger charge is 2.16. The highest BCUT2D eigenvalue weighted by molar-refractivity contribution is 6.31. The molecule has 0 heterocycles. The number of hydrogen-bond acceptors (Lipinski definition) is 3. The van der Waals surface area contributed by atoms with Crippen molar-refractivity contribution in [2.45, 2.75) is 0 Å². The van der Waals surface area contributed by atoms with Crippen LogP contribution in [0.1, 0.15) is 5.56 Å². The Morgan fingerprint density at radius 3 is 2.62 bits per heavy atom. The van der Waals surface area contributed by atoms with E-state index in [1.54, 1.807) is 6.08 Å². The van der Waals surface area contributed by atoms with E-state index >= 15 is 0 Å². The van der Waals surface area contributed by atoms with Crippen LogP contribution >= 0.6 is 11.6 Å². The lowest BCUT2D eigenvalue weighted by molar-refractivity contribution is 0.351. The molecule has 0 unspecified atom stereocenters. The summed E-state index contributed by atoms with van der Waals surface area (Å²) < 4.78 is 23.9. The summed E-state index contributed by atoms with van der Waals surface area (Å²) in [5.41, 5.74) is 5.55. The van der Waals surface area contributed by atoms with Gasteiger partial charge < -0.3 is 15.2 Å². The fourth-order valence-corrected chi connectivity index (χ4v) is 1.50. The van der Waals surface area contributed by atoms with Crippen LogP contribution < -0.4 is 15.2 Å². The molecule has 0 aromatic heterocycles. The van der Waals surface area contributed by atoms with Crippen molar-refractivity contribution >= 4 is 17.7 Å². The standard InChI is InChI=1S/C11H13ClFNO2/c1-15-9-6-8(12)10(13)7(4-3-5-14)11(9)16-2/h3-4,6H,5,14H2,1-2H3/b4-3+. The van der Waals surface area contributed by atoms with Gasteiger partial charge in [-0.2, -0.15) is 0 Å². The molecule has 5 heteroatoms. The van der Waals surface area contributed by atoms with Gasteiger partial charge in [-0.05, 0) is 0 Å². The van der Waals surface area contributed by atoms with Crippen LogP contribution in [0.2, 0.25) is 5.02 Å². The zero-order valence-electron chi connectivity index (χ0n) is 9.09. The molecule has 3 nitrogen and oxygen atoms in total. The van der Waals surface area contributed by atoms with Gasteiger partial charge in [-0.25, -0.2) is 4.39 Å². The maximum absolute atomic E-state index is 13.7. The van der Waals surface area contributed by atoms with Crippen molar-refractivity contribution in [3.63, 3.8) is 0 Å². The molecule has 88 valence electrons. The lowest BCUT2D eigenvalue weighted by atomic mass is 10.1. The number of hydrogen-bond donors (Lipinski definition) is 1. The predicted molar refractivity (Wildman–Crippen MR) is 62.6 cm³/mol. The van der Waals surface area contributed by atoms with Crippen molar-refractivity contribution < 1.29 is 13.9 Å². The van der Waals surface area contributed by atoms with Crippen molar-refractivity contribution in [2.24, 2.45) is 5.73 Å². The Hall–Kier alpha value is -1.26. The minimum Gasteiger partial charge on any atom is -0.493 e. The number of ether oxygens (including phenoxy) is 2. The fourth-order valence-electron chi connectivity index (χ4n) is 1.30. The monoisotopic (exact) mass is 245 g/mol. The molecule has 0 atom stereocenters. The minimum atomic E-state index is -0.552. The SMILES string of the molecule is COc1cc(Cl)c(F)c(/C=C/CN)c1OC. The van der Waals surface area contributed by atoms with Crippen LogP contribution in [0.5, 0.6) is 11.5 Å². The first kappa shape index (κ1) is 12.8. The quantitative estimate of drug-likeness (QED) is 0.886. The van der Waals surface area contributed by atoms with E-state index in [2.05, 4.69) is 0 Å². The largest absolute Gasteiger partial charge is 0.493 e. The van der Waals surface area contributed by atoms with Gasteiger partial charge in [-0.1, -0.05) is 23.8 Å². The lowest BCUT2D eigenvalue weighted by Crippen LogP contribution is -1.98. The summed E-state index contributed by atoms with van der Waals surface area (Å²) >= 11 is 5.73. The normalized spacial score (nSPS) is 10.8. The molecular weight excluding hydrogens is 233 g/mol. The average Bonchev–Trinajstić information content (AvgIpc) is 2.30. The maximum atomic E-state index is 13.7. The zero-order valence-corrected chi connectivity index (χ0v) is 9.84. The van der Waals surface area contributed by atoms with E-state index in [1.807, 2.05) is 0 Å². The molecule has 0 aliphatic carbocycles. The Balaban J connectivity index is 3.40. The Kier molecular flexibility index (Phi) is 4.58. The van der Waals surface area contributed by atoms with Crippen LogP contribution in [0.3, 0.4) is 0 Å². The summed E-state index contributed by atoms with van der Waals surface area (Å²) in [6.07, 6.45) is 3.12. The zero-order chi connectivity index (χ0) is 12.1. The molecule has 1 aromatic rings. The molecule has 16 heavy (non-hydrogen) atoms. The molecule has 0 saturated heterocycles. The summed E-state index contributed by atoms with van der Waals surface area (Å²) in [6.45, 7) is 0.303. The fraction of sp³-hybridized carbons (Fsp3) is 0.273. The molecule has 0 saturated carbocycles. The summed E-state index contributed by atoms with van der Waals surface area (Å²) in [4.78, 5) is 0. The van der Waals surface area contributed by atoms with Gasteiger partial charge in [-0.3, -0.25) is 0 Å². The van der Waals surface area contributed by atoms with Gasteiger partial charge in [-0.15, -0.1) is 0 Å². The first-order chi connectivity index (χ1) is 7.65. The Morgan fingerprint density at radius 1 is 1.44 bits per heavy atom. The van der Waals surface area contributed by atoms with E-state index in [9.17, 15) is 4.39 Å². The van der Waals surface area contributed by atoms with E-state index in [0.29, 0.717) is 18.0 Å². The molecule has 0 aliphatic heterocycles. The minimum absolute atomic E-state index is 0.0191. The number of rotatable bonds is 4. The highest BCUT2D eigenvalue weighted by atomic mass is 35.5. The van der Waals surface area contributed by atoms with Crippen molar-refractivity contribution in [1.29, 1.82) is 0 Å². The van der Waals surface area contributed by atoms with Crippen LogP contribution in [-0.4, -0.2) is 20.8 Å². The second-order valence-corrected chi connectivity index (χ2v) is 3.37. The first-order valence-electron chi connectivity index (χ1n) is 4.62. The van der Waals surface area contributed by atoms with Crippen LogP contribution in [0.15, 0.2) is 12.1 Å². The summed E-state index contributed by atoms with van der Waals surface area (Å²) in [6, 6.07) is 1.37. The third kappa shape index (κ3) is 2.46. The summed E-state index contributed by atoms with van der Waals surface area (Å²) in [7, 11) is 2.90. The van der Waals surface area contributed by atoms with Gasteiger partial charge in [0.2, 0.25) is 0 Å². The van der Waals surface area contributed by atoms with Crippen molar-refractivity contribution in [2.75, 3.05) is 20.8 Å². The number of methoxy groups -OCH3 is 2. The van der Waals surface area contributed by atoms with Gasteiger partial charge in [0.1, 0.15) is 0 Å². The van der Waals surface area contributed by atoms with Gasteiger partial charge in [0.25, 0.3) is 0 Å². The second kappa shape index (κ2) is 5.72. The molecule has 1 rings (SSSR count). The maximum Gasteiger partial charge on any atom is 0.170 e. The van der Waals surface area contributed by atoms with E-state index in [-0.39, 0.29) is 10.6 Å². The molecule has 0 radical (unpaired) electrons. The molecule has 1 aromatic carbocycles. The number of benzene rings is 1. The molecule has 0 bridgehead atoms. The highest BCUT2D eigenvalue weighted by Crippen LogP contribution is 2.37. The summed E-state index contributed by atoms with van der Waals surface area (Å²) in [5, 5.41) is -0.0191. The van der Waals surface area contributed by atoms with Crippen LogP contribution in [0.4, 0.5) is 4.39 Å². The van der Waals surface area contributed by atoms with E-state index in [0.717, 1.165) is 0 Å². The molecule has 0 amide bonds. The van der Waals surface area contributed by atoms with Crippen LogP contribution in [0.25, 0.3) is 6.08 Å². The summed E-state index contributed by atoms with van der Waals surface area (Å²) in [5.74, 6) is 0.128. The molecule has 0 fully saturated rings. The molecule has 0 aliphatic rings. The molecule has 2 N–H and O–H groups in total. The second-order valence-electron chi connectivity index (χ2n) is 2.96. The van der Waals surface area contributed by atoms with E-state index in [4.69, 9.17) is 26.8 Å². The van der Waals surface area contributed by atoms with Gasteiger partial charge in [0.05, 0.1) is 24.8 Å². The van der Waals surface area contributed by atoms with Crippen molar-refractivity contribution in [3.05, 3.63) is 28.5 Å². The third-order valence-electron chi connectivity index (χ3n) is 2.02. The predicted octanol–water partition coefficient (Wildman–Crippen LogP) is 2.47. The lowest BCUT2D eigenvalue weighted by Gasteiger charge is -2.12. The van der Waals surface area contributed by atoms with Gasteiger partial charge >= 0.3 is 0 Å². The Bertz CT molecular complexity index is 407. The van der Waals surface area contributed by atoms with E-state index < -0.39 is 5.82 Å². The van der Waals surface area contributed by atoms with Crippen LogP contribution in [-0.2, 0) is 0 Å². The van der Waals surface area contributed by atoms with Gasteiger partial charge in [0.15, 0.2) is 17.3 Å². The van der Waals surface area contributed by atoms with Crippen molar-refractivity contribution in [1.82, 2.24) is 0 Å². The Labute approximate surface area is 98.6 Å². The topological polar surface area (TPSA) is 44.5 Å². The van der Waals surface area contributed by atoms with Gasteiger partial charge in [0, 0.05) is 12.6 Å². The number of nitrogens with two attached hydrogens (primary N) is 1.